The minimum Gasteiger partial charge on any atom is -0.508 e. The molecule has 0 fully saturated rings. The van der Waals surface area contributed by atoms with E-state index in [1.54, 1.807) is 12.1 Å². The van der Waals surface area contributed by atoms with E-state index in [2.05, 4.69) is 4.98 Å². The Labute approximate surface area is 151 Å². The Morgan fingerprint density at radius 3 is 2.27 bits per heavy atom. The number of fused-ring (bicyclic) bond motifs is 1. The summed E-state index contributed by atoms with van der Waals surface area (Å²) in [6, 6.07) is 20.1. The van der Waals surface area contributed by atoms with Gasteiger partial charge < -0.3 is 9.67 Å². The molecule has 1 heterocycles. The summed E-state index contributed by atoms with van der Waals surface area (Å²) in [6.45, 7) is 2.00. The van der Waals surface area contributed by atoms with Gasteiger partial charge in [0.25, 0.3) is 0 Å². The molecule has 0 amide bonds. The molecule has 4 nitrogen and oxygen atoms in total. The fourth-order valence-electron chi connectivity index (χ4n) is 3.07. The average Bonchev–Trinajstić information content (AvgIpc) is 2.99. The van der Waals surface area contributed by atoms with Crippen molar-refractivity contribution in [3.05, 3.63) is 83.4 Å². The first-order valence-corrected chi connectivity index (χ1v) is 8.40. The van der Waals surface area contributed by atoms with Crippen molar-refractivity contribution < 1.29 is 9.90 Å². The van der Waals surface area contributed by atoms with E-state index >= 15 is 0 Å². The number of rotatable bonds is 3. The summed E-state index contributed by atoms with van der Waals surface area (Å²) in [5.74, 6) is 1.01. The Balaban J connectivity index is 1.77. The number of benzene rings is 3. The minimum absolute atomic E-state index is 0.000663. The van der Waals surface area contributed by atoms with Crippen LogP contribution < -0.4 is 0 Å². The van der Waals surface area contributed by atoms with Crippen LogP contribution in [0, 0.1) is 6.92 Å². The number of carbonyl (C=O) groups is 1. The highest BCUT2D eigenvalue weighted by molar-refractivity contribution is 6.10. The molecule has 0 saturated carbocycles. The molecule has 1 N–H and O–H groups in total. The topological polar surface area (TPSA) is 55.1 Å². The van der Waals surface area contributed by atoms with Gasteiger partial charge in [0.05, 0.1) is 11.0 Å². The van der Waals surface area contributed by atoms with Gasteiger partial charge in [0, 0.05) is 23.7 Å². The molecule has 4 aromatic rings. The predicted molar refractivity (Wildman–Crippen MR) is 102 cm³/mol. The highest BCUT2D eigenvalue weighted by atomic mass is 16.3. The molecule has 0 radical (unpaired) electrons. The predicted octanol–water partition coefficient (Wildman–Crippen LogP) is 4.49. The van der Waals surface area contributed by atoms with Gasteiger partial charge in [0.1, 0.15) is 11.6 Å². The van der Waals surface area contributed by atoms with Crippen LogP contribution in [0.3, 0.4) is 0 Å². The van der Waals surface area contributed by atoms with Crippen molar-refractivity contribution in [1.29, 1.82) is 0 Å². The molecule has 4 heteroatoms. The van der Waals surface area contributed by atoms with Crippen LogP contribution in [-0.4, -0.2) is 20.4 Å². The third-order valence-electron chi connectivity index (χ3n) is 4.58. The van der Waals surface area contributed by atoms with Crippen molar-refractivity contribution >= 4 is 16.8 Å². The van der Waals surface area contributed by atoms with Crippen LogP contribution in [0.4, 0.5) is 0 Å². The van der Waals surface area contributed by atoms with Gasteiger partial charge >= 0.3 is 0 Å². The lowest BCUT2D eigenvalue weighted by molar-refractivity contribution is 0.103. The molecule has 1 aromatic heterocycles. The van der Waals surface area contributed by atoms with Crippen LogP contribution in [0.2, 0.25) is 0 Å². The zero-order valence-electron chi connectivity index (χ0n) is 14.6. The number of aryl methyl sites for hydroxylation is 2. The maximum Gasteiger partial charge on any atom is 0.193 e. The van der Waals surface area contributed by atoms with Crippen LogP contribution in [-0.2, 0) is 7.05 Å². The molecule has 0 atom stereocenters. The van der Waals surface area contributed by atoms with Gasteiger partial charge in [-0.2, -0.15) is 0 Å². The number of hydrogen-bond donors (Lipinski definition) is 1. The SMILES string of the molecule is Cc1ccc(C(=O)c2ccc3nc(-c4ccc(O)cc4)n(C)c3c2)cc1. The van der Waals surface area contributed by atoms with E-state index in [4.69, 9.17) is 0 Å². The second kappa shape index (κ2) is 6.15. The fraction of sp³-hybridized carbons (Fsp3) is 0.0909. The molecule has 0 saturated heterocycles. The van der Waals surface area contributed by atoms with Gasteiger partial charge in [-0.15, -0.1) is 0 Å². The first-order valence-electron chi connectivity index (χ1n) is 8.40. The number of hydrogen-bond acceptors (Lipinski definition) is 3. The van der Waals surface area contributed by atoms with Crippen LogP contribution in [0.5, 0.6) is 5.75 Å². The largest absolute Gasteiger partial charge is 0.508 e. The van der Waals surface area contributed by atoms with E-state index in [0.717, 1.165) is 28.0 Å². The molecule has 3 aromatic carbocycles. The minimum atomic E-state index is -0.000663. The van der Waals surface area contributed by atoms with Crippen LogP contribution in [0.15, 0.2) is 66.7 Å². The zero-order chi connectivity index (χ0) is 18.3. The summed E-state index contributed by atoms with van der Waals surface area (Å²) in [7, 11) is 1.93. The summed E-state index contributed by atoms with van der Waals surface area (Å²) in [5.41, 5.74) is 5.08. The number of aromatic nitrogens is 2. The summed E-state index contributed by atoms with van der Waals surface area (Å²) < 4.78 is 1.97. The van der Waals surface area contributed by atoms with Crippen LogP contribution in [0.1, 0.15) is 21.5 Å². The number of nitrogens with zero attached hydrogens (tertiary/aromatic N) is 2. The number of ketones is 1. The quantitative estimate of drug-likeness (QED) is 0.558. The zero-order valence-corrected chi connectivity index (χ0v) is 14.6. The number of phenols is 1. The van der Waals surface area contributed by atoms with Gasteiger partial charge in [-0.05, 0) is 49.4 Å². The fourth-order valence-corrected chi connectivity index (χ4v) is 3.07. The molecule has 0 bridgehead atoms. The van der Waals surface area contributed by atoms with Gasteiger partial charge in [0.15, 0.2) is 5.78 Å². The smallest absolute Gasteiger partial charge is 0.193 e. The molecule has 0 unspecified atom stereocenters. The second-order valence-corrected chi connectivity index (χ2v) is 6.44. The van der Waals surface area contributed by atoms with Crippen molar-refractivity contribution in [3.8, 4) is 17.1 Å². The average molecular weight is 342 g/mol. The lowest BCUT2D eigenvalue weighted by Gasteiger charge is -2.04. The van der Waals surface area contributed by atoms with Gasteiger partial charge in [-0.3, -0.25) is 4.79 Å². The van der Waals surface area contributed by atoms with Gasteiger partial charge in [-0.1, -0.05) is 29.8 Å². The molecular formula is C22H18N2O2. The normalized spacial score (nSPS) is 11.0. The van der Waals surface area contributed by atoms with Crippen LogP contribution in [0.25, 0.3) is 22.4 Å². The van der Waals surface area contributed by atoms with Crippen molar-refractivity contribution in [2.75, 3.05) is 0 Å². The monoisotopic (exact) mass is 342 g/mol. The Bertz CT molecular complexity index is 1110. The highest BCUT2D eigenvalue weighted by Crippen LogP contribution is 2.26. The summed E-state index contributed by atoms with van der Waals surface area (Å²) >= 11 is 0. The Hall–Kier alpha value is -3.40. The summed E-state index contributed by atoms with van der Waals surface area (Å²) in [5, 5.41) is 9.47. The van der Waals surface area contributed by atoms with Crippen molar-refractivity contribution in [3.63, 3.8) is 0 Å². The van der Waals surface area contributed by atoms with E-state index in [-0.39, 0.29) is 11.5 Å². The molecule has 4 rings (SSSR count). The molecule has 0 aliphatic carbocycles. The molecule has 0 aliphatic heterocycles. The van der Waals surface area contributed by atoms with Gasteiger partial charge in [-0.25, -0.2) is 4.98 Å². The molecule has 128 valence electrons. The van der Waals surface area contributed by atoms with E-state index in [0.29, 0.717) is 11.1 Å². The lowest BCUT2D eigenvalue weighted by atomic mass is 10.0. The number of aromatic hydroxyl groups is 1. The lowest BCUT2D eigenvalue weighted by Crippen LogP contribution is -2.01. The third kappa shape index (κ3) is 2.75. The van der Waals surface area contributed by atoms with E-state index in [1.807, 2.05) is 73.1 Å². The maximum absolute atomic E-state index is 12.8. The summed E-state index contributed by atoms with van der Waals surface area (Å²) in [6.07, 6.45) is 0. The highest BCUT2D eigenvalue weighted by Gasteiger charge is 2.14. The maximum atomic E-state index is 12.8. The standard InChI is InChI=1S/C22H18N2O2/c1-14-3-5-15(6-4-14)21(26)17-9-12-19-20(13-17)24(2)22(23-19)16-7-10-18(25)11-8-16/h3-13,25H,1-2H3. The molecular weight excluding hydrogens is 324 g/mol. The van der Waals surface area contributed by atoms with E-state index in [1.165, 1.54) is 0 Å². The first-order chi connectivity index (χ1) is 12.5. The van der Waals surface area contributed by atoms with Crippen LogP contribution >= 0.6 is 0 Å². The van der Waals surface area contributed by atoms with Crippen molar-refractivity contribution in [2.45, 2.75) is 6.92 Å². The summed E-state index contributed by atoms with van der Waals surface area (Å²) in [4.78, 5) is 17.4. The van der Waals surface area contributed by atoms with E-state index in [9.17, 15) is 9.90 Å². The molecule has 0 spiro atoms. The second-order valence-electron chi connectivity index (χ2n) is 6.44. The molecule has 26 heavy (non-hydrogen) atoms. The van der Waals surface area contributed by atoms with Gasteiger partial charge in [0.2, 0.25) is 0 Å². The number of phenolic OH excluding ortho intramolecular Hbond substituents is 1. The Kier molecular flexibility index (Phi) is 3.81. The first kappa shape index (κ1) is 16.1. The number of carbonyl (C=O) groups excluding carboxylic acids is 1. The number of imidazole rings is 1. The van der Waals surface area contributed by atoms with Crippen molar-refractivity contribution in [1.82, 2.24) is 9.55 Å². The van der Waals surface area contributed by atoms with Crippen molar-refractivity contribution in [2.24, 2.45) is 7.05 Å². The van der Waals surface area contributed by atoms with E-state index < -0.39 is 0 Å². The Morgan fingerprint density at radius 2 is 1.58 bits per heavy atom. The Morgan fingerprint density at radius 1 is 0.923 bits per heavy atom. The molecule has 0 aliphatic rings. The third-order valence-corrected chi connectivity index (χ3v) is 4.58.